The predicted octanol–water partition coefficient (Wildman–Crippen LogP) is 5.77. The molecule has 5 rings (SSSR count). The molecule has 0 bridgehead atoms. The first-order valence-corrected chi connectivity index (χ1v) is 12.1. The second kappa shape index (κ2) is 7.40. The van der Waals surface area contributed by atoms with Crippen LogP contribution in [0.1, 0.15) is 34.6 Å². The molecule has 3 heterocycles. The first kappa shape index (κ1) is 20.6. The smallest absolute Gasteiger partial charge is 0.268 e. The number of fused-ring (bicyclic) bond motifs is 2. The van der Waals surface area contributed by atoms with E-state index >= 15 is 0 Å². The Hall–Kier alpha value is -2.28. The number of nitrogens with zero attached hydrogens (tertiary/aromatic N) is 2. The molecule has 158 valence electrons. The van der Waals surface area contributed by atoms with Crippen molar-refractivity contribution in [3.05, 3.63) is 87.1 Å². The second-order valence-electron chi connectivity index (χ2n) is 8.41. The molecule has 0 radical (unpaired) electrons. The van der Waals surface area contributed by atoms with Crippen molar-refractivity contribution in [1.29, 1.82) is 0 Å². The molecule has 2 aromatic carbocycles. The molecule has 1 atom stereocenters. The van der Waals surface area contributed by atoms with Crippen molar-refractivity contribution in [2.24, 2.45) is 0 Å². The number of carbonyl (C=O) groups is 2. The number of benzene rings is 2. The molecule has 0 N–H and O–H groups in total. The number of thiophene rings is 1. The zero-order chi connectivity index (χ0) is 21.8. The number of rotatable bonds is 3. The lowest BCUT2D eigenvalue weighted by molar-refractivity contribution is -0.123. The number of halogens is 1. The number of carbonyl (C=O) groups excluding carboxylic acids is 2. The topological polar surface area (TPSA) is 40.6 Å². The van der Waals surface area contributed by atoms with E-state index in [4.69, 9.17) is 11.6 Å². The summed E-state index contributed by atoms with van der Waals surface area (Å²) in [6.45, 7) is 5.08. The molecular weight excluding hydrogens is 448 g/mol. The van der Waals surface area contributed by atoms with Crippen LogP contribution in [0.25, 0.3) is 0 Å². The summed E-state index contributed by atoms with van der Waals surface area (Å²) in [7, 11) is 0. The van der Waals surface area contributed by atoms with Crippen LogP contribution >= 0.6 is 34.7 Å². The fourth-order valence-electron chi connectivity index (χ4n) is 4.43. The van der Waals surface area contributed by atoms with Gasteiger partial charge >= 0.3 is 0 Å². The van der Waals surface area contributed by atoms with Gasteiger partial charge in [-0.1, -0.05) is 48.0 Å². The van der Waals surface area contributed by atoms with Gasteiger partial charge in [0.05, 0.1) is 17.1 Å². The van der Waals surface area contributed by atoms with E-state index in [1.54, 1.807) is 27.6 Å². The summed E-state index contributed by atoms with van der Waals surface area (Å²) in [5.41, 5.74) is 2.64. The monoisotopic (exact) mass is 468 g/mol. The van der Waals surface area contributed by atoms with Gasteiger partial charge < -0.3 is 9.80 Å². The highest BCUT2D eigenvalue weighted by molar-refractivity contribution is 8.02. The van der Waals surface area contributed by atoms with Gasteiger partial charge in [-0.05, 0) is 49.1 Å². The third-order valence-corrected chi connectivity index (χ3v) is 8.34. The maximum Gasteiger partial charge on any atom is 0.268 e. The van der Waals surface area contributed by atoms with Crippen molar-refractivity contribution >= 4 is 52.2 Å². The lowest BCUT2D eigenvalue weighted by Crippen LogP contribution is -2.50. The molecule has 2 aliphatic heterocycles. The summed E-state index contributed by atoms with van der Waals surface area (Å²) in [4.78, 5) is 30.8. The second-order valence-corrected chi connectivity index (χ2v) is 11.7. The third kappa shape index (κ3) is 3.28. The van der Waals surface area contributed by atoms with Gasteiger partial charge in [-0.15, -0.1) is 23.1 Å². The molecule has 3 aromatic rings. The van der Waals surface area contributed by atoms with E-state index in [0.717, 1.165) is 16.8 Å². The average Bonchev–Trinajstić information content (AvgIpc) is 3.43. The van der Waals surface area contributed by atoms with Crippen LogP contribution in [-0.4, -0.2) is 28.0 Å². The van der Waals surface area contributed by atoms with E-state index in [2.05, 4.69) is 13.8 Å². The van der Waals surface area contributed by atoms with Gasteiger partial charge in [-0.2, -0.15) is 0 Å². The summed E-state index contributed by atoms with van der Waals surface area (Å²) in [5, 5.41) is 2.44. The summed E-state index contributed by atoms with van der Waals surface area (Å²) in [5.74, 6) is -0.206. The Kier molecular flexibility index (Phi) is 4.92. The third-order valence-electron chi connectivity index (χ3n) is 5.65. The Morgan fingerprint density at radius 1 is 1.10 bits per heavy atom. The number of thioether (sulfide) groups is 1. The summed E-state index contributed by atoms with van der Waals surface area (Å²) < 4.78 is -0.287. The molecule has 1 saturated heterocycles. The van der Waals surface area contributed by atoms with Gasteiger partial charge in [0.2, 0.25) is 0 Å². The molecule has 1 unspecified atom stereocenters. The van der Waals surface area contributed by atoms with Gasteiger partial charge in [0.15, 0.2) is 4.87 Å². The Bertz CT molecular complexity index is 1160. The first-order chi connectivity index (χ1) is 14.8. The maximum atomic E-state index is 14.1. The molecule has 1 fully saturated rings. The normalized spacial score (nSPS) is 21.7. The minimum Gasteiger partial charge on any atom is -0.309 e. The van der Waals surface area contributed by atoms with E-state index in [-0.39, 0.29) is 16.6 Å². The van der Waals surface area contributed by atoms with E-state index < -0.39 is 4.87 Å². The van der Waals surface area contributed by atoms with Crippen molar-refractivity contribution in [2.75, 3.05) is 11.4 Å². The minimum absolute atomic E-state index is 0.0888. The zero-order valence-electron chi connectivity index (χ0n) is 17.2. The fraction of sp³-hybridized carbons (Fsp3) is 0.250. The van der Waals surface area contributed by atoms with Gasteiger partial charge in [-0.25, -0.2) is 0 Å². The highest BCUT2D eigenvalue weighted by Crippen LogP contribution is 2.60. The highest BCUT2D eigenvalue weighted by Gasteiger charge is 2.63. The molecule has 0 aliphatic carbocycles. The van der Waals surface area contributed by atoms with E-state index in [1.165, 1.54) is 11.3 Å². The van der Waals surface area contributed by atoms with E-state index in [0.29, 0.717) is 23.0 Å². The molecule has 2 aliphatic rings. The maximum absolute atomic E-state index is 14.1. The lowest BCUT2D eigenvalue weighted by atomic mass is 10.0. The Morgan fingerprint density at radius 3 is 2.58 bits per heavy atom. The Balaban J connectivity index is 1.67. The van der Waals surface area contributed by atoms with E-state index in [1.807, 2.05) is 60.0 Å². The van der Waals surface area contributed by atoms with Gasteiger partial charge in [0.1, 0.15) is 0 Å². The predicted molar refractivity (Wildman–Crippen MR) is 128 cm³/mol. The van der Waals surface area contributed by atoms with Gasteiger partial charge in [0, 0.05) is 21.9 Å². The van der Waals surface area contributed by atoms with Crippen molar-refractivity contribution in [3.8, 4) is 0 Å². The van der Waals surface area contributed by atoms with Crippen LogP contribution in [0.4, 0.5) is 5.69 Å². The standard InChI is InChI=1S/C24H21ClN2O2S2/c1-23(2)15-27(21(28)20-9-6-12-30-20)24(31-23)18-13-17(25)10-11-19(18)26(22(24)29)14-16-7-4-3-5-8-16/h3-13H,14-15H2,1-2H3. The van der Waals surface area contributed by atoms with Crippen molar-refractivity contribution in [2.45, 2.75) is 30.0 Å². The van der Waals surface area contributed by atoms with Crippen LogP contribution in [0.3, 0.4) is 0 Å². The van der Waals surface area contributed by atoms with Crippen LogP contribution in [-0.2, 0) is 16.2 Å². The van der Waals surface area contributed by atoms with Gasteiger partial charge in [0.25, 0.3) is 11.8 Å². The SMILES string of the molecule is CC1(C)CN(C(=O)c2cccs2)C2(S1)C(=O)N(Cc1ccccc1)c1ccc(Cl)cc12. The van der Waals surface area contributed by atoms with Crippen LogP contribution in [0, 0.1) is 0 Å². The number of amides is 2. The molecule has 1 aromatic heterocycles. The fourth-order valence-corrected chi connectivity index (χ4v) is 7.00. The molecule has 31 heavy (non-hydrogen) atoms. The summed E-state index contributed by atoms with van der Waals surface area (Å²) in [6, 6.07) is 19.1. The lowest BCUT2D eigenvalue weighted by Gasteiger charge is -2.33. The van der Waals surface area contributed by atoms with Crippen LogP contribution in [0.5, 0.6) is 0 Å². The van der Waals surface area contributed by atoms with Crippen LogP contribution in [0.2, 0.25) is 5.02 Å². The summed E-state index contributed by atoms with van der Waals surface area (Å²) >= 11 is 9.34. The molecule has 0 saturated carbocycles. The van der Waals surface area contributed by atoms with E-state index in [9.17, 15) is 9.59 Å². The molecule has 4 nitrogen and oxygen atoms in total. The van der Waals surface area contributed by atoms with Crippen LogP contribution in [0.15, 0.2) is 66.0 Å². The average molecular weight is 469 g/mol. The molecule has 7 heteroatoms. The van der Waals surface area contributed by atoms with Gasteiger partial charge in [-0.3, -0.25) is 9.59 Å². The van der Waals surface area contributed by atoms with Crippen molar-refractivity contribution in [1.82, 2.24) is 4.90 Å². The largest absolute Gasteiger partial charge is 0.309 e. The van der Waals surface area contributed by atoms with Crippen molar-refractivity contribution in [3.63, 3.8) is 0 Å². The summed E-state index contributed by atoms with van der Waals surface area (Å²) in [6.07, 6.45) is 0. The molecular formula is C24H21ClN2O2S2. The number of hydrogen-bond donors (Lipinski definition) is 0. The van der Waals surface area contributed by atoms with Crippen LogP contribution < -0.4 is 4.90 Å². The first-order valence-electron chi connectivity index (χ1n) is 10.0. The number of anilines is 1. The Morgan fingerprint density at radius 2 is 1.87 bits per heavy atom. The minimum atomic E-state index is -1.13. The number of hydrogen-bond acceptors (Lipinski definition) is 4. The highest BCUT2D eigenvalue weighted by atomic mass is 35.5. The Labute approximate surface area is 194 Å². The molecule has 1 spiro atoms. The molecule has 2 amide bonds. The quantitative estimate of drug-likeness (QED) is 0.490. The zero-order valence-corrected chi connectivity index (χ0v) is 19.6. The van der Waals surface area contributed by atoms with Crippen molar-refractivity contribution < 1.29 is 9.59 Å².